The van der Waals surface area contributed by atoms with E-state index in [2.05, 4.69) is 10.1 Å². The predicted octanol–water partition coefficient (Wildman–Crippen LogP) is 3.06. The Morgan fingerprint density at radius 2 is 2.03 bits per heavy atom. The van der Waals surface area contributed by atoms with Crippen molar-refractivity contribution in [3.05, 3.63) is 53.1 Å². The van der Waals surface area contributed by atoms with Crippen LogP contribution in [-0.2, 0) is 9.47 Å². The van der Waals surface area contributed by atoms with Gasteiger partial charge in [-0.15, -0.1) is 0 Å². The summed E-state index contributed by atoms with van der Waals surface area (Å²) in [6, 6.07) is 4.56. The lowest BCUT2D eigenvalue weighted by molar-refractivity contribution is 0.0667. The average molecular weight is 440 g/mol. The summed E-state index contributed by atoms with van der Waals surface area (Å²) in [6.07, 6.45) is 2.78. The zero-order valence-electron chi connectivity index (χ0n) is 18.4. The van der Waals surface area contributed by atoms with Crippen molar-refractivity contribution in [2.24, 2.45) is 5.73 Å². The number of benzene rings is 1. The number of ether oxygens (including phenoxy) is 3. The highest BCUT2D eigenvalue weighted by Gasteiger charge is 2.34. The molecule has 1 amide bonds. The van der Waals surface area contributed by atoms with Crippen LogP contribution in [0, 0.1) is 19.7 Å². The number of halogens is 1. The standard InChI is InChI=1S/C23H25FN4O4/c1-12-8-26-23(31-4)13(2)20(12)14-5-6-15(17(24)7-14)21-16(22(25)29)9-27-28(21)18-10-32-11-19(18)30-3/h5-9,18-19H,10-11H2,1-4H3,(H2,25,29)/t18-,19-/m1/s1. The predicted molar refractivity (Wildman–Crippen MR) is 116 cm³/mol. The normalized spacial score (nSPS) is 18.2. The van der Waals surface area contributed by atoms with Crippen LogP contribution in [-0.4, -0.2) is 54.2 Å². The fraction of sp³-hybridized carbons (Fsp3) is 0.348. The first kappa shape index (κ1) is 21.9. The summed E-state index contributed by atoms with van der Waals surface area (Å²) in [5, 5.41) is 4.33. The third kappa shape index (κ3) is 3.63. The molecule has 0 aliphatic carbocycles. The summed E-state index contributed by atoms with van der Waals surface area (Å²) in [5.41, 5.74) is 9.46. The van der Waals surface area contributed by atoms with E-state index in [-0.39, 0.29) is 23.3 Å². The minimum absolute atomic E-state index is 0.136. The maximum atomic E-state index is 15.5. The van der Waals surface area contributed by atoms with Gasteiger partial charge in [-0.1, -0.05) is 6.07 Å². The fourth-order valence-electron chi connectivity index (χ4n) is 4.27. The van der Waals surface area contributed by atoms with E-state index in [9.17, 15) is 4.79 Å². The Morgan fingerprint density at radius 1 is 1.25 bits per heavy atom. The van der Waals surface area contributed by atoms with Crippen molar-refractivity contribution >= 4 is 5.91 Å². The molecule has 0 saturated carbocycles. The van der Waals surface area contributed by atoms with E-state index in [0.29, 0.717) is 30.4 Å². The number of nitrogens with zero attached hydrogens (tertiary/aromatic N) is 3. The molecule has 9 heteroatoms. The van der Waals surface area contributed by atoms with Gasteiger partial charge >= 0.3 is 0 Å². The Bertz CT molecular complexity index is 1180. The van der Waals surface area contributed by atoms with E-state index in [0.717, 1.165) is 16.7 Å². The highest BCUT2D eigenvalue weighted by Crippen LogP contribution is 2.36. The maximum Gasteiger partial charge on any atom is 0.252 e. The number of aromatic nitrogens is 3. The van der Waals surface area contributed by atoms with E-state index in [1.165, 1.54) is 12.3 Å². The SMILES string of the molecule is COc1ncc(C)c(-c2ccc(-c3c(C(N)=O)cnn3[C@@H]3COC[C@H]3OC)c(F)c2)c1C. The van der Waals surface area contributed by atoms with Crippen molar-refractivity contribution in [1.82, 2.24) is 14.8 Å². The van der Waals surface area contributed by atoms with Crippen LogP contribution in [0.3, 0.4) is 0 Å². The summed E-state index contributed by atoms with van der Waals surface area (Å²) >= 11 is 0. The van der Waals surface area contributed by atoms with Gasteiger partial charge in [-0.2, -0.15) is 5.10 Å². The van der Waals surface area contributed by atoms with Crippen LogP contribution in [0.15, 0.2) is 30.6 Å². The Morgan fingerprint density at radius 3 is 2.69 bits per heavy atom. The minimum Gasteiger partial charge on any atom is -0.481 e. The molecule has 3 aromatic rings. The number of hydrogen-bond donors (Lipinski definition) is 1. The minimum atomic E-state index is -0.687. The Labute approximate surface area is 185 Å². The van der Waals surface area contributed by atoms with Crippen LogP contribution in [0.4, 0.5) is 4.39 Å². The lowest BCUT2D eigenvalue weighted by Crippen LogP contribution is -2.26. The van der Waals surface area contributed by atoms with Gasteiger partial charge in [0, 0.05) is 24.4 Å². The Hall–Kier alpha value is -3.30. The number of amides is 1. The first-order valence-corrected chi connectivity index (χ1v) is 10.2. The van der Waals surface area contributed by atoms with Crippen LogP contribution >= 0.6 is 0 Å². The van der Waals surface area contributed by atoms with Crippen molar-refractivity contribution in [2.75, 3.05) is 27.4 Å². The van der Waals surface area contributed by atoms with Gasteiger partial charge in [0.15, 0.2) is 0 Å². The zero-order chi connectivity index (χ0) is 23.0. The van der Waals surface area contributed by atoms with Crippen LogP contribution < -0.4 is 10.5 Å². The van der Waals surface area contributed by atoms with Crippen molar-refractivity contribution in [3.8, 4) is 28.3 Å². The number of carbonyl (C=O) groups is 1. The third-order valence-electron chi connectivity index (χ3n) is 5.85. The number of methoxy groups -OCH3 is 2. The van der Waals surface area contributed by atoms with Gasteiger partial charge in [-0.05, 0) is 42.7 Å². The number of rotatable bonds is 6. The van der Waals surface area contributed by atoms with Gasteiger partial charge in [0.2, 0.25) is 5.88 Å². The molecule has 4 rings (SSSR count). The van der Waals surface area contributed by atoms with Gasteiger partial charge in [0.05, 0.1) is 37.8 Å². The lowest BCUT2D eigenvalue weighted by atomic mass is 9.95. The Balaban J connectivity index is 1.85. The van der Waals surface area contributed by atoms with E-state index >= 15 is 4.39 Å². The molecule has 0 bridgehead atoms. The molecule has 1 aromatic carbocycles. The highest BCUT2D eigenvalue weighted by atomic mass is 19.1. The fourth-order valence-corrected chi connectivity index (χ4v) is 4.27. The average Bonchev–Trinajstić information content (AvgIpc) is 3.40. The number of nitrogens with two attached hydrogens (primary N) is 1. The summed E-state index contributed by atoms with van der Waals surface area (Å²) in [4.78, 5) is 16.4. The summed E-state index contributed by atoms with van der Waals surface area (Å²) in [7, 11) is 3.12. The second-order valence-corrected chi connectivity index (χ2v) is 7.74. The largest absolute Gasteiger partial charge is 0.481 e. The number of hydrogen-bond acceptors (Lipinski definition) is 6. The van der Waals surface area contributed by atoms with Crippen LogP contribution in [0.5, 0.6) is 5.88 Å². The zero-order valence-corrected chi connectivity index (χ0v) is 18.4. The molecular weight excluding hydrogens is 415 g/mol. The first-order valence-electron chi connectivity index (χ1n) is 10.2. The van der Waals surface area contributed by atoms with Crippen LogP contribution in [0.1, 0.15) is 27.5 Å². The van der Waals surface area contributed by atoms with Crippen LogP contribution in [0.2, 0.25) is 0 Å². The quantitative estimate of drug-likeness (QED) is 0.632. The van der Waals surface area contributed by atoms with Crippen molar-refractivity contribution < 1.29 is 23.4 Å². The molecule has 2 atom stereocenters. The van der Waals surface area contributed by atoms with E-state index < -0.39 is 11.7 Å². The molecule has 1 saturated heterocycles. The molecule has 168 valence electrons. The number of aryl methyl sites for hydroxylation is 1. The molecule has 1 fully saturated rings. The van der Waals surface area contributed by atoms with E-state index in [1.807, 2.05) is 13.8 Å². The lowest BCUT2D eigenvalue weighted by Gasteiger charge is -2.20. The summed E-state index contributed by atoms with van der Waals surface area (Å²) < 4.78 is 33.4. The van der Waals surface area contributed by atoms with Crippen molar-refractivity contribution in [3.63, 3.8) is 0 Å². The second kappa shape index (κ2) is 8.68. The third-order valence-corrected chi connectivity index (χ3v) is 5.85. The van der Waals surface area contributed by atoms with E-state index in [4.69, 9.17) is 19.9 Å². The number of pyridine rings is 1. The molecule has 2 N–H and O–H groups in total. The second-order valence-electron chi connectivity index (χ2n) is 7.74. The molecular formula is C23H25FN4O4. The van der Waals surface area contributed by atoms with Gasteiger partial charge in [-0.25, -0.2) is 9.37 Å². The molecule has 1 aliphatic heterocycles. The number of primary amides is 1. The van der Waals surface area contributed by atoms with Gasteiger partial charge in [0.25, 0.3) is 5.91 Å². The first-order chi connectivity index (χ1) is 15.4. The molecule has 0 spiro atoms. The summed E-state index contributed by atoms with van der Waals surface area (Å²) in [5.74, 6) is -0.710. The molecule has 8 nitrogen and oxygen atoms in total. The molecule has 1 aliphatic rings. The van der Waals surface area contributed by atoms with E-state index in [1.54, 1.807) is 37.2 Å². The highest BCUT2D eigenvalue weighted by molar-refractivity contribution is 5.99. The number of carbonyl (C=O) groups excluding carboxylic acids is 1. The van der Waals surface area contributed by atoms with Gasteiger partial charge in [-0.3, -0.25) is 9.48 Å². The molecule has 0 unspecified atom stereocenters. The Kier molecular flexibility index (Phi) is 5.94. The van der Waals surface area contributed by atoms with Crippen LogP contribution in [0.25, 0.3) is 22.4 Å². The summed E-state index contributed by atoms with van der Waals surface area (Å²) in [6.45, 7) is 4.51. The molecule has 32 heavy (non-hydrogen) atoms. The molecule has 3 heterocycles. The smallest absolute Gasteiger partial charge is 0.252 e. The topological polar surface area (TPSA) is 101 Å². The van der Waals surface area contributed by atoms with Crippen molar-refractivity contribution in [2.45, 2.75) is 26.0 Å². The van der Waals surface area contributed by atoms with Crippen molar-refractivity contribution in [1.29, 1.82) is 0 Å². The van der Waals surface area contributed by atoms with Gasteiger partial charge in [0.1, 0.15) is 18.0 Å². The monoisotopic (exact) mass is 440 g/mol. The molecule has 2 aromatic heterocycles. The molecule has 0 radical (unpaired) electrons. The maximum absolute atomic E-state index is 15.5. The van der Waals surface area contributed by atoms with Gasteiger partial charge < -0.3 is 19.9 Å².